The molecule has 2 aromatic rings. The summed E-state index contributed by atoms with van der Waals surface area (Å²) in [5.41, 5.74) is 7.81. The fourth-order valence-electron chi connectivity index (χ4n) is 1.80. The number of carbonyl (C=O) groups is 1. The lowest BCUT2D eigenvalue weighted by Gasteiger charge is -2.09. The van der Waals surface area contributed by atoms with Crippen molar-refractivity contribution in [3.63, 3.8) is 0 Å². The number of nitrogens with two attached hydrogens (primary N) is 1. The Hall–Kier alpha value is -2.20. The van der Waals surface area contributed by atoms with Crippen molar-refractivity contribution in [3.05, 3.63) is 53.1 Å². The molecule has 2 rings (SSSR count). The Balaban J connectivity index is 2.01. The maximum atomic E-state index is 11.9. The van der Waals surface area contributed by atoms with E-state index in [1.165, 1.54) is 0 Å². The van der Waals surface area contributed by atoms with Gasteiger partial charge in [-0.3, -0.25) is 4.79 Å². The molecule has 0 aliphatic carbocycles. The molecule has 0 saturated carbocycles. The summed E-state index contributed by atoms with van der Waals surface area (Å²) in [6.45, 7) is 0. The number of rotatable bonds is 4. The van der Waals surface area contributed by atoms with E-state index in [1.54, 1.807) is 37.4 Å². The van der Waals surface area contributed by atoms with Crippen LogP contribution in [0.5, 0.6) is 5.75 Å². The van der Waals surface area contributed by atoms with E-state index in [-0.39, 0.29) is 12.3 Å². The molecule has 3 N–H and O–H groups in total. The first-order valence-electron chi connectivity index (χ1n) is 6.06. The minimum absolute atomic E-state index is 0.114. The van der Waals surface area contributed by atoms with E-state index in [0.717, 1.165) is 5.56 Å². The fraction of sp³-hybridized carbons (Fsp3) is 0.133. The molecule has 0 spiro atoms. The second kappa shape index (κ2) is 6.30. The van der Waals surface area contributed by atoms with E-state index in [4.69, 9.17) is 22.1 Å². The zero-order chi connectivity index (χ0) is 14.5. The van der Waals surface area contributed by atoms with Crippen molar-refractivity contribution in [2.24, 2.45) is 0 Å². The summed E-state index contributed by atoms with van der Waals surface area (Å²) in [6, 6.07) is 12.3. The standard InChI is InChI=1S/C15H15ClN2O2/c1-20-14-7-6-12(9-13(14)17)18-15(19)8-10-2-4-11(16)5-3-10/h2-7,9H,8,17H2,1H3,(H,18,19). The van der Waals surface area contributed by atoms with E-state index in [9.17, 15) is 4.79 Å². The number of methoxy groups -OCH3 is 1. The lowest BCUT2D eigenvalue weighted by Crippen LogP contribution is -2.14. The number of ether oxygens (including phenoxy) is 1. The smallest absolute Gasteiger partial charge is 0.228 e. The molecule has 0 heterocycles. The zero-order valence-electron chi connectivity index (χ0n) is 11.0. The Kier molecular flexibility index (Phi) is 4.48. The molecule has 1 amide bonds. The topological polar surface area (TPSA) is 64.3 Å². The Bertz CT molecular complexity index is 612. The van der Waals surface area contributed by atoms with Crippen molar-refractivity contribution in [3.8, 4) is 5.75 Å². The van der Waals surface area contributed by atoms with Crippen molar-refractivity contribution in [2.75, 3.05) is 18.2 Å². The Morgan fingerprint density at radius 3 is 2.55 bits per heavy atom. The van der Waals surface area contributed by atoms with E-state index in [2.05, 4.69) is 5.32 Å². The van der Waals surface area contributed by atoms with Gasteiger partial charge in [0.15, 0.2) is 0 Å². The molecule has 0 bridgehead atoms. The summed E-state index contributed by atoms with van der Waals surface area (Å²) in [5.74, 6) is 0.470. The third kappa shape index (κ3) is 3.65. The molecule has 0 aromatic heterocycles. The van der Waals surface area contributed by atoms with Crippen LogP contribution < -0.4 is 15.8 Å². The van der Waals surface area contributed by atoms with Crippen LogP contribution in [0, 0.1) is 0 Å². The maximum absolute atomic E-state index is 11.9. The monoisotopic (exact) mass is 290 g/mol. The van der Waals surface area contributed by atoms with Crippen LogP contribution >= 0.6 is 11.6 Å². The Morgan fingerprint density at radius 2 is 1.95 bits per heavy atom. The van der Waals surface area contributed by atoms with Crippen molar-refractivity contribution >= 4 is 28.9 Å². The SMILES string of the molecule is COc1ccc(NC(=O)Cc2ccc(Cl)cc2)cc1N. The second-order valence-corrected chi connectivity index (χ2v) is 4.74. The van der Waals surface area contributed by atoms with Gasteiger partial charge in [0.1, 0.15) is 5.75 Å². The van der Waals surface area contributed by atoms with Crippen molar-refractivity contribution in [1.29, 1.82) is 0 Å². The van der Waals surface area contributed by atoms with Crippen LogP contribution in [0.4, 0.5) is 11.4 Å². The van der Waals surface area contributed by atoms with E-state index < -0.39 is 0 Å². The highest BCUT2D eigenvalue weighted by Gasteiger charge is 2.06. The molecule has 0 fully saturated rings. The summed E-state index contributed by atoms with van der Waals surface area (Å²) >= 11 is 5.80. The molecule has 104 valence electrons. The zero-order valence-corrected chi connectivity index (χ0v) is 11.8. The van der Waals surface area contributed by atoms with Gasteiger partial charge in [-0.25, -0.2) is 0 Å². The summed E-state index contributed by atoms with van der Waals surface area (Å²) in [7, 11) is 1.55. The number of benzene rings is 2. The van der Waals surface area contributed by atoms with Crippen LogP contribution in [0.1, 0.15) is 5.56 Å². The molecule has 4 nitrogen and oxygen atoms in total. The number of halogens is 1. The second-order valence-electron chi connectivity index (χ2n) is 4.31. The highest BCUT2D eigenvalue weighted by molar-refractivity contribution is 6.30. The molecule has 20 heavy (non-hydrogen) atoms. The summed E-state index contributed by atoms with van der Waals surface area (Å²) < 4.78 is 5.06. The third-order valence-electron chi connectivity index (χ3n) is 2.79. The highest BCUT2D eigenvalue weighted by atomic mass is 35.5. The van der Waals surface area contributed by atoms with Gasteiger partial charge in [0.25, 0.3) is 0 Å². The first-order valence-corrected chi connectivity index (χ1v) is 6.44. The first-order chi connectivity index (χ1) is 9.58. The molecular formula is C15H15ClN2O2. The first kappa shape index (κ1) is 14.2. The predicted molar refractivity (Wildman–Crippen MR) is 81.2 cm³/mol. The number of amides is 1. The maximum Gasteiger partial charge on any atom is 0.228 e. The molecular weight excluding hydrogens is 276 g/mol. The summed E-state index contributed by atoms with van der Waals surface area (Å²) in [5, 5.41) is 3.44. The highest BCUT2D eigenvalue weighted by Crippen LogP contribution is 2.24. The molecule has 0 aliphatic heterocycles. The number of hydrogen-bond acceptors (Lipinski definition) is 3. The lowest BCUT2D eigenvalue weighted by atomic mass is 10.1. The van der Waals surface area contributed by atoms with Crippen molar-refractivity contribution < 1.29 is 9.53 Å². The molecule has 0 saturated heterocycles. The summed E-state index contributed by atoms with van der Waals surface area (Å²) in [6.07, 6.45) is 0.281. The minimum Gasteiger partial charge on any atom is -0.495 e. The Labute approximate surface area is 122 Å². The number of anilines is 2. The van der Waals surface area contributed by atoms with Gasteiger partial charge in [-0.2, -0.15) is 0 Å². The number of hydrogen-bond donors (Lipinski definition) is 2. The van der Waals surface area contributed by atoms with Crippen LogP contribution in [0.25, 0.3) is 0 Å². The van der Waals surface area contributed by atoms with E-state index >= 15 is 0 Å². The van der Waals surface area contributed by atoms with E-state index in [0.29, 0.717) is 22.1 Å². The van der Waals surface area contributed by atoms with Crippen LogP contribution in [0.2, 0.25) is 5.02 Å². The number of nitrogen functional groups attached to an aromatic ring is 1. The lowest BCUT2D eigenvalue weighted by molar-refractivity contribution is -0.115. The molecule has 0 aliphatic rings. The van der Waals surface area contributed by atoms with Gasteiger partial charge in [-0.1, -0.05) is 23.7 Å². The van der Waals surface area contributed by atoms with Crippen LogP contribution in [0.15, 0.2) is 42.5 Å². The summed E-state index contributed by atoms with van der Waals surface area (Å²) in [4.78, 5) is 11.9. The van der Waals surface area contributed by atoms with Crippen LogP contribution in [0.3, 0.4) is 0 Å². The largest absolute Gasteiger partial charge is 0.495 e. The van der Waals surface area contributed by atoms with Crippen LogP contribution in [-0.4, -0.2) is 13.0 Å². The molecule has 0 unspecified atom stereocenters. The molecule has 2 aromatic carbocycles. The van der Waals surface area contributed by atoms with Gasteiger partial charge < -0.3 is 15.8 Å². The van der Waals surface area contributed by atoms with Crippen LogP contribution in [-0.2, 0) is 11.2 Å². The number of nitrogens with one attached hydrogen (secondary N) is 1. The fourth-order valence-corrected chi connectivity index (χ4v) is 1.93. The number of carbonyl (C=O) groups excluding carboxylic acids is 1. The average molecular weight is 291 g/mol. The van der Waals surface area contributed by atoms with Gasteiger partial charge in [0.05, 0.1) is 19.2 Å². The molecule has 0 radical (unpaired) electrons. The Morgan fingerprint density at radius 1 is 1.25 bits per heavy atom. The van der Waals surface area contributed by atoms with Gasteiger partial charge in [0.2, 0.25) is 5.91 Å². The van der Waals surface area contributed by atoms with Gasteiger partial charge in [-0.05, 0) is 35.9 Å². The van der Waals surface area contributed by atoms with Crippen molar-refractivity contribution in [2.45, 2.75) is 6.42 Å². The van der Waals surface area contributed by atoms with Gasteiger partial charge >= 0.3 is 0 Å². The minimum atomic E-state index is -0.114. The van der Waals surface area contributed by atoms with Crippen molar-refractivity contribution in [1.82, 2.24) is 0 Å². The predicted octanol–water partition coefficient (Wildman–Crippen LogP) is 3.11. The third-order valence-corrected chi connectivity index (χ3v) is 3.04. The average Bonchev–Trinajstić information content (AvgIpc) is 2.41. The molecule has 0 atom stereocenters. The normalized spacial score (nSPS) is 10.1. The van der Waals surface area contributed by atoms with E-state index in [1.807, 2.05) is 12.1 Å². The van der Waals surface area contributed by atoms with Gasteiger partial charge in [-0.15, -0.1) is 0 Å². The van der Waals surface area contributed by atoms with Gasteiger partial charge in [0, 0.05) is 10.7 Å². The quantitative estimate of drug-likeness (QED) is 0.850. The molecule has 5 heteroatoms.